The number of aryl methyl sites for hydroxylation is 1. The third-order valence-corrected chi connectivity index (χ3v) is 4.24. The summed E-state index contributed by atoms with van der Waals surface area (Å²) in [5.74, 6) is 1.60. The Labute approximate surface area is 152 Å². The summed E-state index contributed by atoms with van der Waals surface area (Å²) in [5.41, 5.74) is 0.784. The second kappa shape index (κ2) is 8.70. The summed E-state index contributed by atoms with van der Waals surface area (Å²) in [4.78, 5) is 17.6. The predicted octanol–water partition coefficient (Wildman–Crippen LogP) is 0.767. The topological polar surface area (TPSA) is 98.1 Å². The van der Waals surface area contributed by atoms with Gasteiger partial charge in [0.15, 0.2) is 5.82 Å². The first-order valence-electron chi connectivity index (χ1n) is 8.97. The van der Waals surface area contributed by atoms with E-state index in [1.165, 1.54) is 6.92 Å². The molecule has 0 spiro atoms. The number of likely N-dealkylation sites (tertiary alicyclic amines) is 1. The fraction of sp³-hybridized carbons (Fsp3) is 0.588. The summed E-state index contributed by atoms with van der Waals surface area (Å²) in [5, 5.41) is 14.7. The average Bonchev–Trinajstić information content (AvgIpc) is 3.24. The van der Waals surface area contributed by atoms with Gasteiger partial charge in [0, 0.05) is 38.8 Å². The normalized spacial score (nSPS) is 17.4. The Kier molecular flexibility index (Phi) is 6.11. The van der Waals surface area contributed by atoms with Gasteiger partial charge in [0.2, 0.25) is 5.91 Å². The Bertz CT molecular complexity index is 733. The molecule has 2 aromatic heterocycles. The molecule has 0 aliphatic carbocycles. The first kappa shape index (κ1) is 18.2. The van der Waals surface area contributed by atoms with Crippen molar-refractivity contribution in [3.63, 3.8) is 0 Å². The third kappa shape index (κ3) is 4.98. The van der Waals surface area contributed by atoms with Crippen LogP contribution < -0.4 is 10.1 Å². The number of carbonyl (C=O) groups excluding carboxylic acids is 1. The molecule has 3 heterocycles. The van der Waals surface area contributed by atoms with E-state index in [0.29, 0.717) is 6.54 Å². The number of hydrogen-bond donors (Lipinski definition) is 1. The van der Waals surface area contributed by atoms with E-state index in [4.69, 9.17) is 4.74 Å². The predicted molar refractivity (Wildman–Crippen MR) is 94.2 cm³/mol. The second-order valence-electron chi connectivity index (χ2n) is 6.47. The molecule has 9 heteroatoms. The SMILES string of the molecule is CCCn1nnnc1CN1CCC(Oc2ccnc(CNC(C)=O)c2)C1. The molecule has 1 unspecified atom stereocenters. The van der Waals surface area contributed by atoms with Gasteiger partial charge in [0.25, 0.3) is 0 Å². The summed E-state index contributed by atoms with van der Waals surface area (Å²) in [7, 11) is 0. The van der Waals surface area contributed by atoms with Crippen molar-refractivity contribution in [1.82, 2.24) is 35.4 Å². The Balaban J connectivity index is 1.52. The maximum Gasteiger partial charge on any atom is 0.217 e. The number of rotatable bonds is 8. The molecule has 26 heavy (non-hydrogen) atoms. The number of carbonyl (C=O) groups is 1. The van der Waals surface area contributed by atoms with Crippen LogP contribution in [0.4, 0.5) is 0 Å². The van der Waals surface area contributed by atoms with Crippen LogP contribution in [0.5, 0.6) is 5.75 Å². The first-order valence-corrected chi connectivity index (χ1v) is 8.97. The molecule has 3 rings (SSSR count). The number of nitrogens with one attached hydrogen (secondary N) is 1. The lowest BCUT2D eigenvalue weighted by Gasteiger charge is -2.16. The van der Waals surface area contributed by atoms with Crippen molar-refractivity contribution in [2.45, 2.75) is 52.4 Å². The number of pyridine rings is 1. The molecule has 1 atom stereocenters. The standard InChI is InChI=1S/C17H25N7O2/c1-3-7-24-17(20-21-22-24)12-23-8-5-16(11-23)26-15-4-6-18-14(9-15)10-19-13(2)25/h4,6,9,16H,3,5,7-8,10-12H2,1-2H3,(H,19,25). The largest absolute Gasteiger partial charge is 0.489 e. The van der Waals surface area contributed by atoms with Crippen molar-refractivity contribution in [1.29, 1.82) is 0 Å². The van der Waals surface area contributed by atoms with Gasteiger partial charge in [-0.25, -0.2) is 4.68 Å². The lowest BCUT2D eigenvalue weighted by atomic mass is 10.3. The zero-order chi connectivity index (χ0) is 18.4. The van der Waals surface area contributed by atoms with Crippen molar-refractivity contribution in [3.05, 3.63) is 29.8 Å². The quantitative estimate of drug-likeness (QED) is 0.743. The van der Waals surface area contributed by atoms with Gasteiger partial charge in [0.1, 0.15) is 11.9 Å². The van der Waals surface area contributed by atoms with Crippen molar-refractivity contribution in [3.8, 4) is 5.75 Å². The van der Waals surface area contributed by atoms with E-state index in [-0.39, 0.29) is 12.0 Å². The highest BCUT2D eigenvalue weighted by Crippen LogP contribution is 2.20. The average molecular weight is 359 g/mol. The van der Waals surface area contributed by atoms with E-state index < -0.39 is 0 Å². The summed E-state index contributed by atoms with van der Waals surface area (Å²) >= 11 is 0. The van der Waals surface area contributed by atoms with Crippen molar-refractivity contribution in [2.24, 2.45) is 0 Å². The number of nitrogens with zero attached hydrogens (tertiary/aromatic N) is 6. The van der Waals surface area contributed by atoms with Crippen LogP contribution in [0.1, 0.15) is 38.2 Å². The molecule has 1 fully saturated rings. The van der Waals surface area contributed by atoms with E-state index in [9.17, 15) is 4.79 Å². The van der Waals surface area contributed by atoms with Gasteiger partial charge in [0.05, 0.1) is 18.8 Å². The fourth-order valence-electron chi connectivity index (χ4n) is 2.99. The highest BCUT2D eigenvalue weighted by atomic mass is 16.5. The van der Waals surface area contributed by atoms with E-state index in [2.05, 4.69) is 37.6 Å². The molecule has 1 N–H and O–H groups in total. The van der Waals surface area contributed by atoms with Gasteiger partial charge in [-0.1, -0.05) is 6.92 Å². The molecule has 140 valence electrons. The zero-order valence-electron chi connectivity index (χ0n) is 15.3. The van der Waals surface area contributed by atoms with Crippen LogP contribution in [-0.2, 0) is 24.4 Å². The second-order valence-corrected chi connectivity index (χ2v) is 6.47. The summed E-state index contributed by atoms with van der Waals surface area (Å²) in [6.45, 7) is 7.37. The van der Waals surface area contributed by atoms with Crippen LogP contribution in [0.2, 0.25) is 0 Å². The lowest BCUT2D eigenvalue weighted by molar-refractivity contribution is -0.119. The molecule has 1 saturated heterocycles. The van der Waals surface area contributed by atoms with Crippen molar-refractivity contribution >= 4 is 5.91 Å². The van der Waals surface area contributed by atoms with Gasteiger partial charge in [-0.3, -0.25) is 14.7 Å². The maximum absolute atomic E-state index is 11.0. The third-order valence-electron chi connectivity index (χ3n) is 4.24. The smallest absolute Gasteiger partial charge is 0.217 e. The Morgan fingerprint density at radius 1 is 1.46 bits per heavy atom. The molecular formula is C17H25N7O2. The van der Waals surface area contributed by atoms with E-state index in [1.807, 2.05) is 16.8 Å². The highest BCUT2D eigenvalue weighted by molar-refractivity contribution is 5.72. The van der Waals surface area contributed by atoms with Crippen LogP contribution in [0.15, 0.2) is 18.3 Å². The van der Waals surface area contributed by atoms with Gasteiger partial charge < -0.3 is 10.1 Å². The summed E-state index contributed by atoms with van der Waals surface area (Å²) in [6, 6.07) is 3.72. The van der Waals surface area contributed by atoms with E-state index >= 15 is 0 Å². The number of amides is 1. The van der Waals surface area contributed by atoms with Crippen LogP contribution in [-0.4, -0.2) is 55.2 Å². The van der Waals surface area contributed by atoms with E-state index in [0.717, 1.165) is 56.3 Å². The molecule has 1 aliphatic rings. The fourth-order valence-corrected chi connectivity index (χ4v) is 2.99. The van der Waals surface area contributed by atoms with Crippen LogP contribution >= 0.6 is 0 Å². The number of tetrazole rings is 1. The van der Waals surface area contributed by atoms with E-state index in [1.54, 1.807) is 6.20 Å². The van der Waals surface area contributed by atoms with Crippen molar-refractivity contribution in [2.75, 3.05) is 13.1 Å². The van der Waals surface area contributed by atoms with Crippen LogP contribution in [0.25, 0.3) is 0 Å². The minimum absolute atomic E-state index is 0.0741. The maximum atomic E-state index is 11.0. The van der Waals surface area contributed by atoms with Gasteiger partial charge in [-0.05, 0) is 29.3 Å². The molecule has 0 bridgehead atoms. The zero-order valence-corrected chi connectivity index (χ0v) is 15.3. The minimum Gasteiger partial charge on any atom is -0.489 e. The molecule has 0 radical (unpaired) electrons. The minimum atomic E-state index is -0.0741. The monoisotopic (exact) mass is 359 g/mol. The van der Waals surface area contributed by atoms with Gasteiger partial charge >= 0.3 is 0 Å². The molecule has 0 aromatic carbocycles. The van der Waals surface area contributed by atoms with Gasteiger partial charge in [-0.15, -0.1) is 5.10 Å². The van der Waals surface area contributed by atoms with Gasteiger partial charge in [-0.2, -0.15) is 0 Å². The lowest BCUT2D eigenvalue weighted by Crippen LogP contribution is -2.26. The number of ether oxygens (including phenoxy) is 1. The molecular weight excluding hydrogens is 334 g/mol. The highest BCUT2D eigenvalue weighted by Gasteiger charge is 2.25. The van der Waals surface area contributed by atoms with Crippen LogP contribution in [0, 0.1) is 0 Å². The summed E-state index contributed by atoms with van der Waals surface area (Å²) < 4.78 is 7.96. The number of hydrogen-bond acceptors (Lipinski definition) is 7. The Morgan fingerprint density at radius 2 is 2.35 bits per heavy atom. The van der Waals surface area contributed by atoms with Crippen LogP contribution in [0.3, 0.4) is 0 Å². The molecule has 9 nitrogen and oxygen atoms in total. The van der Waals surface area contributed by atoms with Crippen molar-refractivity contribution < 1.29 is 9.53 Å². The number of aromatic nitrogens is 5. The molecule has 2 aromatic rings. The summed E-state index contributed by atoms with van der Waals surface area (Å²) in [6.07, 6.45) is 3.80. The Morgan fingerprint density at radius 3 is 3.15 bits per heavy atom. The molecule has 0 saturated carbocycles. The Hall–Kier alpha value is -2.55. The molecule has 1 amide bonds. The molecule has 1 aliphatic heterocycles. The first-order chi connectivity index (χ1) is 12.6.